The molecule has 1 amide bonds. The summed E-state index contributed by atoms with van der Waals surface area (Å²) in [5, 5.41) is 15.0. The molecule has 2 rings (SSSR count). The average molecular weight is 358 g/mol. The lowest BCUT2D eigenvalue weighted by molar-refractivity contribution is -0.115. The predicted octanol–water partition coefficient (Wildman–Crippen LogP) is 2.94. The first-order valence-electron chi connectivity index (χ1n) is 7.33. The molecule has 0 radical (unpaired) electrons. The van der Waals surface area contributed by atoms with Gasteiger partial charge in [-0.1, -0.05) is 18.2 Å². The van der Waals surface area contributed by atoms with Gasteiger partial charge < -0.3 is 19.9 Å². The Balaban J connectivity index is 1.96. The molecule has 3 N–H and O–H groups in total. The molecule has 0 saturated carbocycles. The minimum atomic E-state index is -0.400. The molecule has 0 heterocycles. The molecule has 0 unspecified atom stereocenters. The van der Waals surface area contributed by atoms with Crippen molar-refractivity contribution in [1.29, 1.82) is 0 Å². The molecule has 0 saturated heterocycles. The maximum absolute atomic E-state index is 11.9. The van der Waals surface area contributed by atoms with Crippen LogP contribution in [0.2, 0.25) is 0 Å². The van der Waals surface area contributed by atoms with Gasteiger partial charge in [-0.2, -0.15) is 0 Å². The summed E-state index contributed by atoms with van der Waals surface area (Å²) in [5.74, 6) is 0.821. The molecule has 25 heavy (non-hydrogen) atoms. The van der Waals surface area contributed by atoms with Crippen LogP contribution in [0.5, 0.6) is 17.2 Å². The number of thiocarbonyl (C=S) groups is 1. The van der Waals surface area contributed by atoms with Crippen LogP contribution in [0, 0.1) is 0 Å². The lowest BCUT2D eigenvalue weighted by atomic mass is 10.2. The number of benzene rings is 2. The third-order valence-corrected chi connectivity index (χ3v) is 3.43. The molecule has 0 fully saturated rings. The van der Waals surface area contributed by atoms with Gasteiger partial charge in [0, 0.05) is 6.08 Å². The van der Waals surface area contributed by atoms with E-state index in [2.05, 4.69) is 10.6 Å². The van der Waals surface area contributed by atoms with Crippen LogP contribution in [0.4, 0.5) is 5.69 Å². The highest BCUT2D eigenvalue weighted by Crippen LogP contribution is 2.28. The van der Waals surface area contributed by atoms with Gasteiger partial charge >= 0.3 is 0 Å². The molecule has 0 aliphatic carbocycles. The highest BCUT2D eigenvalue weighted by molar-refractivity contribution is 7.80. The summed E-state index contributed by atoms with van der Waals surface area (Å²) in [6, 6.07) is 11.9. The Morgan fingerprint density at radius 3 is 2.52 bits per heavy atom. The zero-order valence-corrected chi connectivity index (χ0v) is 14.6. The third-order valence-electron chi connectivity index (χ3n) is 3.22. The van der Waals surface area contributed by atoms with Gasteiger partial charge in [-0.3, -0.25) is 10.1 Å². The smallest absolute Gasteiger partial charge is 0.250 e. The number of carbonyl (C=O) groups is 1. The topological polar surface area (TPSA) is 79.8 Å². The number of anilines is 1. The van der Waals surface area contributed by atoms with Crippen molar-refractivity contribution >= 4 is 35.0 Å². The van der Waals surface area contributed by atoms with Gasteiger partial charge in [0.15, 0.2) is 16.6 Å². The number of para-hydroxylation sites is 2. The zero-order valence-electron chi connectivity index (χ0n) is 13.8. The summed E-state index contributed by atoms with van der Waals surface area (Å²) in [7, 11) is 3.10. The normalized spacial score (nSPS) is 10.3. The molecule has 130 valence electrons. The minimum absolute atomic E-state index is 0.0416. The van der Waals surface area contributed by atoms with Gasteiger partial charge in [0.1, 0.15) is 5.75 Å². The molecule has 0 aliphatic rings. The van der Waals surface area contributed by atoms with Crippen molar-refractivity contribution in [1.82, 2.24) is 5.32 Å². The fourth-order valence-corrected chi connectivity index (χ4v) is 2.23. The first-order chi connectivity index (χ1) is 12.0. The maximum Gasteiger partial charge on any atom is 0.250 e. The van der Waals surface area contributed by atoms with Crippen molar-refractivity contribution in [2.45, 2.75) is 0 Å². The van der Waals surface area contributed by atoms with Crippen LogP contribution in [0.25, 0.3) is 6.08 Å². The monoisotopic (exact) mass is 358 g/mol. The van der Waals surface area contributed by atoms with Crippen LogP contribution >= 0.6 is 12.2 Å². The van der Waals surface area contributed by atoms with E-state index >= 15 is 0 Å². The Morgan fingerprint density at radius 1 is 1.12 bits per heavy atom. The van der Waals surface area contributed by atoms with Gasteiger partial charge in [0.05, 0.1) is 19.9 Å². The van der Waals surface area contributed by atoms with E-state index in [1.54, 1.807) is 56.7 Å². The fraction of sp³-hybridized carbons (Fsp3) is 0.111. The molecular formula is C18H18N2O4S. The number of nitrogens with one attached hydrogen (secondary N) is 2. The molecule has 0 spiro atoms. The van der Waals surface area contributed by atoms with Crippen molar-refractivity contribution < 1.29 is 19.4 Å². The van der Waals surface area contributed by atoms with Gasteiger partial charge in [-0.15, -0.1) is 0 Å². The Kier molecular flexibility index (Phi) is 6.36. The van der Waals surface area contributed by atoms with Gasteiger partial charge in [-0.05, 0) is 48.1 Å². The Bertz CT molecular complexity index is 805. The lowest BCUT2D eigenvalue weighted by Crippen LogP contribution is -2.32. The Hall–Kier alpha value is -3.06. The average Bonchev–Trinajstić information content (AvgIpc) is 2.61. The van der Waals surface area contributed by atoms with Crippen LogP contribution < -0.4 is 20.1 Å². The standard InChI is InChI=1S/C18H18N2O4S/c1-23-15-9-7-12(11-16(15)24-2)8-10-17(22)20-18(25)19-13-5-3-4-6-14(13)21/h3-11,21H,1-2H3,(H2,19,20,22,25)/b10-8+. The molecule has 0 bridgehead atoms. The number of methoxy groups -OCH3 is 2. The fourth-order valence-electron chi connectivity index (χ4n) is 2.01. The zero-order chi connectivity index (χ0) is 18.2. The Morgan fingerprint density at radius 2 is 1.84 bits per heavy atom. The summed E-state index contributed by atoms with van der Waals surface area (Å²) in [6.07, 6.45) is 2.97. The van der Waals surface area contributed by atoms with Gasteiger partial charge in [0.2, 0.25) is 5.91 Å². The first-order valence-corrected chi connectivity index (χ1v) is 7.74. The second-order valence-electron chi connectivity index (χ2n) is 4.91. The van der Waals surface area contributed by atoms with E-state index in [-0.39, 0.29) is 10.9 Å². The number of rotatable bonds is 5. The molecule has 0 aliphatic heterocycles. The molecule has 0 atom stereocenters. The number of aromatic hydroxyl groups is 1. The molecular weight excluding hydrogens is 340 g/mol. The molecule has 6 nitrogen and oxygen atoms in total. The van der Waals surface area contributed by atoms with Gasteiger partial charge in [0.25, 0.3) is 0 Å². The summed E-state index contributed by atoms with van der Waals surface area (Å²) >= 11 is 5.05. The number of ether oxygens (including phenoxy) is 2. The second kappa shape index (κ2) is 8.70. The quantitative estimate of drug-likeness (QED) is 0.433. The largest absolute Gasteiger partial charge is 0.506 e. The SMILES string of the molecule is COc1ccc(/C=C/C(=O)NC(=S)Nc2ccccc2O)cc1OC. The number of phenols is 1. The van der Waals surface area contributed by atoms with E-state index in [0.29, 0.717) is 17.2 Å². The van der Waals surface area contributed by atoms with Crippen molar-refractivity contribution in [2.24, 2.45) is 0 Å². The summed E-state index contributed by atoms with van der Waals surface area (Å²) in [6.45, 7) is 0. The second-order valence-corrected chi connectivity index (χ2v) is 5.32. The van der Waals surface area contributed by atoms with E-state index < -0.39 is 5.91 Å². The highest BCUT2D eigenvalue weighted by Gasteiger charge is 2.06. The van der Waals surface area contributed by atoms with Crippen LogP contribution in [0.3, 0.4) is 0 Å². The maximum atomic E-state index is 11.9. The molecule has 0 aromatic heterocycles. The number of carbonyl (C=O) groups excluding carboxylic acids is 1. The summed E-state index contributed by atoms with van der Waals surface area (Å²) in [4.78, 5) is 11.9. The van der Waals surface area contributed by atoms with E-state index in [9.17, 15) is 9.90 Å². The van der Waals surface area contributed by atoms with Crippen LogP contribution in [-0.4, -0.2) is 30.3 Å². The van der Waals surface area contributed by atoms with Crippen LogP contribution in [-0.2, 0) is 4.79 Å². The molecule has 7 heteroatoms. The van der Waals surface area contributed by atoms with Crippen LogP contribution in [0.15, 0.2) is 48.5 Å². The number of phenolic OH excluding ortho intramolecular Hbond substituents is 1. The third kappa shape index (κ3) is 5.22. The first kappa shape index (κ1) is 18.3. The van der Waals surface area contributed by atoms with Crippen molar-refractivity contribution in [3.8, 4) is 17.2 Å². The van der Waals surface area contributed by atoms with E-state index in [1.807, 2.05) is 0 Å². The molecule has 2 aromatic carbocycles. The van der Waals surface area contributed by atoms with Crippen molar-refractivity contribution in [3.63, 3.8) is 0 Å². The van der Waals surface area contributed by atoms with E-state index in [0.717, 1.165) is 5.56 Å². The summed E-state index contributed by atoms with van der Waals surface area (Å²) in [5.41, 5.74) is 1.18. The predicted molar refractivity (Wildman–Crippen MR) is 101 cm³/mol. The number of hydrogen-bond acceptors (Lipinski definition) is 5. The minimum Gasteiger partial charge on any atom is -0.506 e. The van der Waals surface area contributed by atoms with Crippen molar-refractivity contribution in [3.05, 3.63) is 54.1 Å². The summed E-state index contributed by atoms with van der Waals surface area (Å²) < 4.78 is 10.4. The van der Waals surface area contributed by atoms with Crippen LogP contribution in [0.1, 0.15) is 5.56 Å². The van der Waals surface area contributed by atoms with Gasteiger partial charge in [-0.25, -0.2) is 0 Å². The Labute approximate surface area is 151 Å². The highest BCUT2D eigenvalue weighted by atomic mass is 32.1. The van der Waals surface area contributed by atoms with Crippen molar-refractivity contribution in [2.75, 3.05) is 19.5 Å². The number of amides is 1. The molecule has 2 aromatic rings. The van der Waals surface area contributed by atoms with E-state index in [4.69, 9.17) is 21.7 Å². The van der Waals surface area contributed by atoms with E-state index in [1.165, 1.54) is 12.1 Å². The number of hydrogen-bond donors (Lipinski definition) is 3. The lowest BCUT2D eigenvalue weighted by Gasteiger charge is -2.09.